The van der Waals surface area contributed by atoms with Gasteiger partial charge in [-0.2, -0.15) is 5.10 Å². The Morgan fingerprint density at radius 1 is 1.40 bits per heavy atom. The topological polar surface area (TPSA) is 95.1 Å². The highest BCUT2D eigenvalue weighted by atomic mass is 79.9. The van der Waals surface area contributed by atoms with E-state index in [2.05, 4.69) is 30.8 Å². The van der Waals surface area contributed by atoms with Crippen molar-refractivity contribution in [1.82, 2.24) is 10.2 Å². The van der Waals surface area contributed by atoms with Crippen molar-refractivity contribution in [3.05, 3.63) is 39.6 Å². The number of hydrogen-bond donors (Lipinski definition) is 3. The minimum Gasteiger partial charge on any atom is -0.390 e. The number of aryl methyl sites for hydroxylation is 2. The summed E-state index contributed by atoms with van der Waals surface area (Å²) in [5.74, 6) is 0. The van der Waals surface area contributed by atoms with Gasteiger partial charge in [0.2, 0.25) is 0 Å². The summed E-state index contributed by atoms with van der Waals surface area (Å²) in [5.41, 5.74) is 1.76. The van der Waals surface area contributed by atoms with Crippen molar-refractivity contribution in [2.75, 3.05) is 4.72 Å². The van der Waals surface area contributed by atoms with Crippen LogP contribution >= 0.6 is 15.9 Å². The van der Waals surface area contributed by atoms with Crippen molar-refractivity contribution >= 4 is 31.6 Å². The molecule has 3 N–H and O–H groups in total. The summed E-state index contributed by atoms with van der Waals surface area (Å²) in [6, 6.07) is 5.23. The van der Waals surface area contributed by atoms with Crippen LogP contribution in [0.2, 0.25) is 0 Å². The SMILES string of the molecule is Cc1cc(Br)ccc1NS(=O)(=O)c1c(CO)n[nH]c1C. The fourth-order valence-corrected chi connectivity index (χ4v) is 3.84. The van der Waals surface area contributed by atoms with Crippen molar-refractivity contribution in [2.24, 2.45) is 0 Å². The van der Waals surface area contributed by atoms with Gasteiger partial charge in [0.15, 0.2) is 0 Å². The van der Waals surface area contributed by atoms with Gasteiger partial charge in [-0.3, -0.25) is 9.82 Å². The highest BCUT2D eigenvalue weighted by Crippen LogP contribution is 2.25. The number of nitrogens with one attached hydrogen (secondary N) is 2. The van der Waals surface area contributed by atoms with E-state index >= 15 is 0 Å². The highest BCUT2D eigenvalue weighted by Gasteiger charge is 2.24. The van der Waals surface area contributed by atoms with Crippen LogP contribution in [-0.2, 0) is 16.6 Å². The number of sulfonamides is 1. The van der Waals surface area contributed by atoms with E-state index in [0.29, 0.717) is 11.4 Å². The van der Waals surface area contributed by atoms with Gasteiger partial charge in [-0.25, -0.2) is 8.42 Å². The molecule has 0 saturated heterocycles. The smallest absolute Gasteiger partial charge is 0.265 e. The predicted octanol–water partition coefficient (Wildman–Crippen LogP) is 2.08. The summed E-state index contributed by atoms with van der Waals surface area (Å²) in [4.78, 5) is -0.0117. The molecule has 108 valence electrons. The van der Waals surface area contributed by atoms with Crippen molar-refractivity contribution < 1.29 is 13.5 Å². The molecule has 0 amide bonds. The maximum absolute atomic E-state index is 12.4. The molecule has 0 saturated carbocycles. The average Bonchev–Trinajstić information content (AvgIpc) is 2.75. The Morgan fingerprint density at radius 3 is 2.70 bits per heavy atom. The zero-order valence-corrected chi connectivity index (χ0v) is 13.3. The van der Waals surface area contributed by atoms with E-state index in [1.165, 1.54) is 0 Å². The fraction of sp³-hybridized carbons (Fsp3) is 0.250. The lowest BCUT2D eigenvalue weighted by atomic mass is 10.2. The second-order valence-corrected chi connectivity index (χ2v) is 6.88. The molecule has 0 aliphatic heterocycles. The molecule has 2 aromatic rings. The highest BCUT2D eigenvalue weighted by molar-refractivity contribution is 9.10. The van der Waals surface area contributed by atoms with Gasteiger partial charge in [-0.05, 0) is 37.6 Å². The molecule has 2 rings (SSSR count). The third-order valence-electron chi connectivity index (χ3n) is 2.81. The Kier molecular flexibility index (Phi) is 4.17. The molecule has 8 heteroatoms. The lowest BCUT2D eigenvalue weighted by Crippen LogP contribution is -2.16. The maximum Gasteiger partial charge on any atom is 0.265 e. The van der Waals surface area contributed by atoms with Crippen LogP contribution < -0.4 is 4.72 Å². The van der Waals surface area contributed by atoms with Gasteiger partial charge in [-0.1, -0.05) is 15.9 Å². The molecule has 0 unspecified atom stereocenters. The fourth-order valence-electron chi connectivity index (χ4n) is 1.87. The van der Waals surface area contributed by atoms with Crippen LogP contribution in [0, 0.1) is 13.8 Å². The van der Waals surface area contributed by atoms with Gasteiger partial charge in [0.1, 0.15) is 10.6 Å². The number of aromatic nitrogens is 2. The van der Waals surface area contributed by atoms with E-state index in [1.807, 2.05) is 6.07 Å². The molecule has 0 atom stereocenters. The minimum absolute atomic E-state index is 0.0117. The molecular formula is C12H14BrN3O3S. The zero-order valence-electron chi connectivity index (χ0n) is 10.9. The molecule has 1 heterocycles. The van der Waals surface area contributed by atoms with Crippen LogP contribution in [0.25, 0.3) is 0 Å². The Hall–Kier alpha value is -1.38. The number of H-pyrrole nitrogens is 1. The monoisotopic (exact) mass is 359 g/mol. The number of hydrogen-bond acceptors (Lipinski definition) is 4. The summed E-state index contributed by atoms with van der Waals surface area (Å²) >= 11 is 3.32. The van der Waals surface area contributed by atoms with Crippen molar-refractivity contribution in [3.8, 4) is 0 Å². The second kappa shape index (κ2) is 5.55. The van der Waals surface area contributed by atoms with E-state index < -0.39 is 16.6 Å². The minimum atomic E-state index is -3.80. The summed E-state index contributed by atoms with van der Waals surface area (Å²) < 4.78 is 28.2. The van der Waals surface area contributed by atoms with Gasteiger partial charge in [-0.15, -0.1) is 0 Å². The molecule has 1 aromatic heterocycles. The quantitative estimate of drug-likeness (QED) is 0.778. The standard InChI is InChI=1S/C12H14BrN3O3S/c1-7-5-9(13)3-4-10(7)16-20(18,19)12-8(2)14-15-11(12)6-17/h3-5,16-17H,6H2,1-2H3,(H,14,15). The number of aromatic amines is 1. The molecule has 1 aromatic carbocycles. The van der Waals surface area contributed by atoms with Crippen LogP contribution in [0.4, 0.5) is 5.69 Å². The number of benzene rings is 1. The number of aliphatic hydroxyl groups is 1. The van der Waals surface area contributed by atoms with Crippen LogP contribution in [0.3, 0.4) is 0 Å². The van der Waals surface area contributed by atoms with Gasteiger partial charge in [0.25, 0.3) is 10.0 Å². The Bertz CT molecular complexity index is 740. The Morgan fingerprint density at radius 2 is 2.10 bits per heavy atom. The van der Waals surface area contributed by atoms with Gasteiger partial charge in [0, 0.05) is 4.47 Å². The largest absolute Gasteiger partial charge is 0.390 e. The van der Waals surface area contributed by atoms with Crippen molar-refractivity contribution in [1.29, 1.82) is 0 Å². The van der Waals surface area contributed by atoms with Gasteiger partial charge >= 0.3 is 0 Å². The summed E-state index contributed by atoms with van der Waals surface area (Å²) in [7, 11) is -3.80. The summed E-state index contributed by atoms with van der Waals surface area (Å²) in [5, 5.41) is 15.5. The molecule has 0 bridgehead atoms. The van der Waals surface area contributed by atoms with Crippen LogP contribution in [0.1, 0.15) is 17.0 Å². The van der Waals surface area contributed by atoms with Gasteiger partial charge in [0.05, 0.1) is 18.0 Å². The molecule has 0 fully saturated rings. The number of halogens is 1. The average molecular weight is 360 g/mol. The number of aliphatic hydroxyl groups excluding tert-OH is 1. The molecule has 20 heavy (non-hydrogen) atoms. The lowest BCUT2D eigenvalue weighted by Gasteiger charge is -2.11. The molecule has 0 aliphatic carbocycles. The molecule has 0 aliphatic rings. The van der Waals surface area contributed by atoms with Crippen molar-refractivity contribution in [3.63, 3.8) is 0 Å². The van der Waals surface area contributed by atoms with Crippen molar-refractivity contribution in [2.45, 2.75) is 25.3 Å². The van der Waals surface area contributed by atoms with E-state index in [1.54, 1.807) is 26.0 Å². The van der Waals surface area contributed by atoms with Crippen LogP contribution in [-0.4, -0.2) is 23.7 Å². The second-order valence-electron chi connectivity index (χ2n) is 4.35. The first kappa shape index (κ1) is 15.0. The number of anilines is 1. The van der Waals surface area contributed by atoms with Gasteiger partial charge < -0.3 is 5.11 Å². The number of rotatable bonds is 4. The number of nitrogens with zero attached hydrogens (tertiary/aromatic N) is 1. The Balaban J connectivity index is 2.43. The first-order valence-corrected chi connectivity index (χ1v) is 8.06. The van der Waals surface area contributed by atoms with Crippen LogP contribution in [0.15, 0.2) is 27.6 Å². The third-order valence-corrected chi connectivity index (χ3v) is 4.87. The third kappa shape index (κ3) is 2.87. The molecule has 0 spiro atoms. The maximum atomic E-state index is 12.4. The normalized spacial score (nSPS) is 11.6. The van der Waals surface area contributed by atoms with E-state index in [0.717, 1.165) is 10.0 Å². The first-order chi connectivity index (χ1) is 9.35. The molecule has 0 radical (unpaired) electrons. The summed E-state index contributed by atoms with van der Waals surface area (Å²) in [6.07, 6.45) is 0. The lowest BCUT2D eigenvalue weighted by molar-refractivity contribution is 0.273. The molecular weight excluding hydrogens is 346 g/mol. The molecule has 6 nitrogen and oxygen atoms in total. The summed E-state index contributed by atoms with van der Waals surface area (Å²) in [6.45, 7) is 2.95. The Labute approximate surface area is 125 Å². The van der Waals surface area contributed by atoms with E-state index in [4.69, 9.17) is 0 Å². The van der Waals surface area contributed by atoms with E-state index in [9.17, 15) is 13.5 Å². The van der Waals surface area contributed by atoms with Crippen LogP contribution in [0.5, 0.6) is 0 Å². The zero-order chi connectivity index (χ0) is 14.9. The first-order valence-electron chi connectivity index (χ1n) is 5.79. The van der Waals surface area contributed by atoms with E-state index in [-0.39, 0.29) is 10.6 Å². The predicted molar refractivity (Wildman–Crippen MR) is 78.9 cm³/mol.